The lowest BCUT2D eigenvalue weighted by atomic mass is 9.94. The van der Waals surface area contributed by atoms with Crippen molar-refractivity contribution in [2.45, 2.75) is 25.7 Å². The van der Waals surface area contributed by atoms with E-state index in [0.29, 0.717) is 6.42 Å². The quantitative estimate of drug-likeness (QED) is 0.865. The summed E-state index contributed by atoms with van der Waals surface area (Å²) in [6, 6.07) is 4.74. The molecule has 1 N–H and O–H groups in total. The monoisotopic (exact) mass is 255 g/mol. The van der Waals surface area contributed by atoms with Crippen molar-refractivity contribution in [3.8, 4) is 0 Å². The predicted octanol–water partition coefficient (Wildman–Crippen LogP) is 2.94. The van der Waals surface area contributed by atoms with E-state index in [-0.39, 0.29) is 16.8 Å². The number of carbonyl (C=O) groups excluding carboxylic acids is 1. The van der Waals surface area contributed by atoms with Crippen LogP contribution in [0, 0.1) is 11.7 Å². The van der Waals surface area contributed by atoms with Gasteiger partial charge < -0.3 is 5.32 Å². The standard InChI is InChI=1S/C13H15ClFNO/c14-11-5-4-9(8-12(11)15)7-10-3-1-2-6-16-13(10)17/h4-5,8,10H,1-3,6-7H2,(H,16,17). The highest BCUT2D eigenvalue weighted by molar-refractivity contribution is 6.30. The molecule has 17 heavy (non-hydrogen) atoms. The van der Waals surface area contributed by atoms with E-state index in [2.05, 4.69) is 5.32 Å². The number of rotatable bonds is 2. The summed E-state index contributed by atoms with van der Waals surface area (Å²) in [5.74, 6) is -0.380. The molecule has 1 amide bonds. The summed E-state index contributed by atoms with van der Waals surface area (Å²) >= 11 is 5.62. The molecule has 1 aromatic carbocycles. The summed E-state index contributed by atoms with van der Waals surface area (Å²) in [7, 11) is 0. The summed E-state index contributed by atoms with van der Waals surface area (Å²) in [4.78, 5) is 11.7. The van der Waals surface area contributed by atoms with Gasteiger partial charge in [-0.2, -0.15) is 0 Å². The van der Waals surface area contributed by atoms with Crippen molar-refractivity contribution in [1.82, 2.24) is 5.32 Å². The molecular formula is C13H15ClFNO. The van der Waals surface area contributed by atoms with Crippen molar-refractivity contribution in [2.75, 3.05) is 6.54 Å². The lowest BCUT2D eigenvalue weighted by Crippen LogP contribution is -2.30. The number of benzene rings is 1. The fourth-order valence-electron chi connectivity index (χ4n) is 2.15. The number of amides is 1. The van der Waals surface area contributed by atoms with Crippen molar-refractivity contribution in [3.05, 3.63) is 34.6 Å². The van der Waals surface area contributed by atoms with Crippen LogP contribution in [0.1, 0.15) is 24.8 Å². The predicted molar refractivity (Wildman–Crippen MR) is 65.5 cm³/mol. The second-order valence-electron chi connectivity index (χ2n) is 4.44. The van der Waals surface area contributed by atoms with Crippen molar-refractivity contribution in [2.24, 2.45) is 5.92 Å². The molecule has 0 bridgehead atoms. The Morgan fingerprint density at radius 1 is 1.41 bits per heavy atom. The smallest absolute Gasteiger partial charge is 0.223 e. The van der Waals surface area contributed by atoms with E-state index in [9.17, 15) is 9.18 Å². The molecule has 2 nitrogen and oxygen atoms in total. The average Bonchev–Trinajstić information content (AvgIpc) is 2.50. The van der Waals surface area contributed by atoms with E-state index in [1.807, 2.05) is 0 Å². The first-order valence-electron chi connectivity index (χ1n) is 5.88. The summed E-state index contributed by atoms with van der Waals surface area (Å²) in [6.45, 7) is 0.754. The average molecular weight is 256 g/mol. The normalized spacial score (nSPS) is 20.8. The Hall–Kier alpha value is -1.09. The summed E-state index contributed by atoms with van der Waals surface area (Å²) in [5, 5.41) is 3.01. The van der Waals surface area contributed by atoms with Crippen molar-refractivity contribution < 1.29 is 9.18 Å². The Bertz CT molecular complexity index is 422. The van der Waals surface area contributed by atoms with Crippen LogP contribution < -0.4 is 5.32 Å². The molecule has 1 unspecified atom stereocenters. The Morgan fingerprint density at radius 3 is 3.00 bits per heavy atom. The van der Waals surface area contributed by atoms with E-state index in [4.69, 9.17) is 11.6 Å². The third-order valence-electron chi connectivity index (χ3n) is 3.12. The van der Waals surface area contributed by atoms with Gasteiger partial charge in [0.05, 0.1) is 5.02 Å². The molecule has 1 saturated heterocycles. The molecule has 0 aliphatic carbocycles. The van der Waals surface area contributed by atoms with Gasteiger partial charge in [0.2, 0.25) is 5.91 Å². The van der Waals surface area contributed by atoms with E-state index < -0.39 is 5.82 Å². The van der Waals surface area contributed by atoms with Crippen molar-refractivity contribution in [1.29, 1.82) is 0 Å². The SMILES string of the molecule is O=C1NCCCCC1Cc1ccc(Cl)c(F)c1. The first kappa shape index (κ1) is 12.4. The lowest BCUT2D eigenvalue weighted by molar-refractivity contribution is -0.124. The molecule has 0 aromatic heterocycles. The van der Waals surface area contributed by atoms with Gasteiger partial charge in [0, 0.05) is 12.5 Å². The zero-order valence-electron chi connectivity index (χ0n) is 9.51. The molecule has 1 heterocycles. The Morgan fingerprint density at radius 2 is 2.24 bits per heavy atom. The molecule has 0 saturated carbocycles. The molecule has 1 atom stereocenters. The molecule has 1 aliphatic heterocycles. The van der Waals surface area contributed by atoms with Crippen molar-refractivity contribution in [3.63, 3.8) is 0 Å². The Balaban J connectivity index is 2.08. The number of hydrogen-bond acceptors (Lipinski definition) is 1. The van der Waals surface area contributed by atoms with Gasteiger partial charge in [-0.15, -0.1) is 0 Å². The van der Waals surface area contributed by atoms with Gasteiger partial charge in [-0.05, 0) is 37.0 Å². The largest absolute Gasteiger partial charge is 0.356 e. The summed E-state index contributed by atoms with van der Waals surface area (Å²) < 4.78 is 13.3. The molecule has 0 radical (unpaired) electrons. The topological polar surface area (TPSA) is 29.1 Å². The Labute approximate surface area is 105 Å². The highest BCUT2D eigenvalue weighted by atomic mass is 35.5. The first-order chi connectivity index (χ1) is 8.16. The number of carbonyl (C=O) groups is 1. The molecule has 1 aromatic rings. The Kier molecular flexibility index (Phi) is 4.00. The van der Waals surface area contributed by atoms with Gasteiger partial charge in [-0.25, -0.2) is 4.39 Å². The van der Waals surface area contributed by atoms with Crippen LogP contribution in [0.2, 0.25) is 5.02 Å². The minimum Gasteiger partial charge on any atom is -0.356 e. The maximum absolute atomic E-state index is 13.3. The fourth-order valence-corrected chi connectivity index (χ4v) is 2.27. The van der Waals surface area contributed by atoms with Crippen LogP contribution in [0.5, 0.6) is 0 Å². The highest BCUT2D eigenvalue weighted by Gasteiger charge is 2.21. The van der Waals surface area contributed by atoms with E-state index in [0.717, 1.165) is 31.4 Å². The number of halogens is 2. The van der Waals surface area contributed by atoms with Gasteiger partial charge in [0.1, 0.15) is 5.82 Å². The van der Waals surface area contributed by atoms with Crippen LogP contribution >= 0.6 is 11.6 Å². The molecule has 4 heteroatoms. The molecule has 92 valence electrons. The number of nitrogens with one attached hydrogen (secondary N) is 1. The fraction of sp³-hybridized carbons (Fsp3) is 0.462. The third kappa shape index (κ3) is 3.19. The second-order valence-corrected chi connectivity index (χ2v) is 4.84. The van der Waals surface area contributed by atoms with Gasteiger partial charge in [0.25, 0.3) is 0 Å². The lowest BCUT2D eigenvalue weighted by Gasteiger charge is -2.13. The molecule has 2 rings (SSSR count). The first-order valence-corrected chi connectivity index (χ1v) is 6.26. The summed E-state index contributed by atoms with van der Waals surface area (Å²) in [5.41, 5.74) is 0.828. The van der Waals surface area contributed by atoms with Crippen LogP contribution in [0.25, 0.3) is 0 Å². The van der Waals surface area contributed by atoms with Crippen molar-refractivity contribution >= 4 is 17.5 Å². The minimum atomic E-state index is -0.418. The molecular weight excluding hydrogens is 241 g/mol. The van der Waals surface area contributed by atoms with E-state index >= 15 is 0 Å². The minimum absolute atomic E-state index is 0.0434. The van der Waals surface area contributed by atoms with Gasteiger partial charge in [-0.3, -0.25) is 4.79 Å². The second kappa shape index (κ2) is 5.50. The third-order valence-corrected chi connectivity index (χ3v) is 3.42. The molecule has 1 fully saturated rings. The van der Waals surface area contributed by atoms with Gasteiger partial charge >= 0.3 is 0 Å². The van der Waals surface area contributed by atoms with Crippen LogP contribution in [-0.4, -0.2) is 12.5 Å². The van der Waals surface area contributed by atoms with E-state index in [1.54, 1.807) is 12.1 Å². The van der Waals surface area contributed by atoms with Gasteiger partial charge in [0.15, 0.2) is 0 Å². The molecule has 1 aliphatic rings. The maximum Gasteiger partial charge on any atom is 0.223 e. The van der Waals surface area contributed by atoms with Crippen LogP contribution in [0.15, 0.2) is 18.2 Å². The zero-order chi connectivity index (χ0) is 12.3. The summed E-state index contributed by atoms with van der Waals surface area (Å²) in [6.07, 6.45) is 3.52. The highest BCUT2D eigenvalue weighted by Crippen LogP contribution is 2.21. The molecule has 0 spiro atoms. The zero-order valence-corrected chi connectivity index (χ0v) is 10.3. The van der Waals surface area contributed by atoms with Crippen LogP contribution in [0.3, 0.4) is 0 Å². The van der Waals surface area contributed by atoms with E-state index in [1.165, 1.54) is 6.07 Å². The van der Waals surface area contributed by atoms with Gasteiger partial charge in [-0.1, -0.05) is 24.1 Å². The number of hydrogen-bond donors (Lipinski definition) is 1. The van der Waals surface area contributed by atoms with Crippen LogP contribution in [0.4, 0.5) is 4.39 Å². The maximum atomic E-state index is 13.3. The van der Waals surface area contributed by atoms with Crippen LogP contribution in [-0.2, 0) is 11.2 Å².